The van der Waals surface area contributed by atoms with Gasteiger partial charge in [-0.2, -0.15) is 0 Å². The molecule has 2 aromatic rings. The van der Waals surface area contributed by atoms with Gasteiger partial charge in [0.2, 0.25) is 5.91 Å². The topological polar surface area (TPSA) is 32.3 Å². The van der Waals surface area contributed by atoms with Crippen LogP contribution in [0.5, 0.6) is 0 Å². The summed E-state index contributed by atoms with van der Waals surface area (Å²) in [6, 6.07) is 15.7. The lowest BCUT2D eigenvalue weighted by Gasteiger charge is -2.42. The quantitative estimate of drug-likeness (QED) is 0.766. The molecule has 2 heterocycles. The van der Waals surface area contributed by atoms with Crippen LogP contribution in [0.3, 0.4) is 0 Å². The van der Waals surface area contributed by atoms with E-state index in [1.165, 1.54) is 5.56 Å². The van der Waals surface area contributed by atoms with Crippen LogP contribution >= 0.6 is 0 Å². The van der Waals surface area contributed by atoms with Crippen molar-refractivity contribution in [2.24, 2.45) is 5.92 Å². The molecule has 5 rings (SSSR count). The van der Waals surface area contributed by atoms with Gasteiger partial charge in [0.25, 0.3) is 6.43 Å². The molecule has 0 radical (unpaired) electrons. The van der Waals surface area contributed by atoms with Gasteiger partial charge < -0.3 is 10.2 Å². The summed E-state index contributed by atoms with van der Waals surface area (Å²) in [4.78, 5) is 15.7. The zero-order valence-electron chi connectivity index (χ0n) is 17.8. The van der Waals surface area contributed by atoms with Crippen molar-refractivity contribution < 1.29 is 13.6 Å². The summed E-state index contributed by atoms with van der Waals surface area (Å²) >= 11 is 0. The molecule has 1 spiro atoms. The second-order valence-electron chi connectivity index (χ2n) is 9.42. The molecule has 1 amide bonds. The Morgan fingerprint density at radius 2 is 1.87 bits per heavy atom. The summed E-state index contributed by atoms with van der Waals surface area (Å²) in [5, 5.41) is 3.47. The number of fused-ring (bicyclic) bond motifs is 2. The third-order valence-electron chi connectivity index (χ3n) is 7.82. The number of halogens is 2. The van der Waals surface area contributed by atoms with Crippen molar-refractivity contribution in [3.63, 3.8) is 0 Å². The fourth-order valence-electron chi connectivity index (χ4n) is 6.18. The van der Waals surface area contributed by atoms with E-state index in [-0.39, 0.29) is 22.8 Å². The highest BCUT2D eigenvalue weighted by atomic mass is 19.3. The maximum Gasteiger partial charge on any atom is 0.263 e. The van der Waals surface area contributed by atoms with Crippen molar-refractivity contribution in [1.82, 2.24) is 10.2 Å². The highest BCUT2D eigenvalue weighted by Crippen LogP contribution is 2.46. The standard InChI is InChI=1S/C26H30F2N2O/c27-24(28)21-8-9-22-20(15-21)7-4-12-26(22)17-29-16-23(26)25(31)30-13-10-19(11-14-30)18-5-2-1-3-6-18/h1-3,5-6,8-9,15,19,23-24,29H,4,7,10-14,16-17H2. The largest absolute Gasteiger partial charge is 0.342 e. The second-order valence-corrected chi connectivity index (χ2v) is 9.42. The molecule has 2 atom stereocenters. The van der Waals surface area contributed by atoms with Crippen LogP contribution in [0.25, 0.3) is 0 Å². The van der Waals surface area contributed by atoms with Crippen molar-refractivity contribution in [2.45, 2.75) is 49.9 Å². The molecule has 5 heteroatoms. The number of aryl methyl sites for hydroxylation is 1. The molecule has 164 valence electrons. The number of nitrogens with zero attached hydrogens (tertiary/aromatic N) is 1. The van der Waals surface area contributed by atoms with Crippen molar-refractivity contribution in [2.75, 3.05) is 26.2 Å². The van der Waals surface area contributed by atoms with Crippen LogP contribution in [0.1, 0.15) is 60.3 Å². The molecule has 3 aliphatic rings. The van der Waals surface area contributed by atoms with Crippen LogP contribution < -0.4 is 5.32 Å². The van der Waals surface area contributed by atoms with Crippen LogP contribution in [0, 0.1) is 5.92 Å². The SMILES string of the molecule is O=C(C1CNCC12CCCc1cc(C(F)F)ccc12)N1CCC(c2ccccc2)CC1. The van der Waals surface area contributed by atoms with E-state index in [9.17, 15) is 13.6 Å². The summed E-state index contributed by atoms with van der Waals surface area (Å²) in [5.41, 5.74) is 3.32. The van der Waals surface area contributed by atoms with E-state index < -0.39 is 6.43 Å². The second kappa shape index (κ2) is 8.34. The lowest BCUT2D eigenvalue weighted by Crippen LogP contribution is -2.49. The number of carbonyl (C=O) groups is 1. The maximum absolute atomic E-state index is 13.7. The van der Waals surface area contributed by atoms with E-state index >= 15 is 0 Å². The molecular weight excluding hydrogens is 394 g/mol. The summed E-state index contributed by atoms with van der Waals surface area (Å²) in [6.07, 6.45) is 2.25. The maximum atomic E-state index is 13.7. The van der Waals surface area contributed by atoms with E-state index in [0.717, 1.165) is 62.9 Å². The fraction of sp³-hybridized carbons (Fsp3) is 0.500. The predicted molar refractivity (Wildman–Crippen MR) is 117 cm³/mol. The predicted octanol–water partition coefficient (Wildman–Crippen LogP) is 4.82. The van der Waals surface area contributed by atoms with Crippen molar-refractivity contribution in [1.29, 1.82) is 0 Å². The van der Waals surface area contributed by atoms with Crippen LogP contribution in [-0.2, 0) is 16.6 Å². The minimum atomic E-state index is -2.45. The van der Waals surface area contributed by atoms with Gasteiger partial charge in [-0.15, -0.1) is 0 Å². The fourth-order valence-corrected chi connectivity index (χ4v) is 6.18. The molecule has 31 heavy (non-hydrogen) atoms. The number of hydrogen-bond donors (Lipinski definition) is 1. The third-order valence-corrected chi connectivity index (χ3v) is 7.82. The Bertz CT molecular complexity index is 940. The van der Waals surface area contributed by atoms with E-state index in [4.69, 9.17) is 0 Å². The number of carbonyl (C=O) groups excluding carboxylic acids is 1. The molecule has 3 nitrogen and oxygen atoms in total. The molecule has 0 saturated carbocycles. The number of rotatable bonds is 3. The Morgan fingerprint density at radius 3 is 2.61 bits per heavy atom. The van der Waals surface area contributed by atoms with Crippen molar-refractivity contribution >= 4 is 5.91 Å². The van der Waals surface area contributed by atoms with Gasteiger partial charge in [-0.05, 0) is 60.8 Å². The number of nitrogens with one attached hydrogen (secondary N) is 1. The first-order valence-electron chi connectivity index (χ1n) is 11.5. The highest BCUT2D eigenvalue weighted by Gasteiger charge is 2.51. The summed E-state index contributed by atoms with van der Waals surface area (Å²) in [7, 11) is 0. The minimum absolute atomic E-state index is 0.0904. The minimum Gasteiger partial charge on any atom is -0.342 e. The van der Waals surface area contributed by atoms with Gasteiger partial charge in [0.05, 0.1) is 5.92 Å². The van der Waals surface area contributed by atoms with Crippen LogP contribution in [-0.4, -0.2) is 37.0 Å². The van der Waals surface area contributed by atoms with Gasteiger partial charge in [0.1, 0.15) is 0 Å². The van der Waals surface area contributed by atoms with E-state index in [1.807, 2.05) is 12.1 Å². The van der Waals surface area contributed by atoms with E-state index in [1.54, 1.807) is 12.1 Å². The average molecular weight is 425 g/mol. The van der Waals surface area contributed by atoms with Crippen LogP contribution in [0.4, 0.5) is 8.78 Å². The number of benzene rings is 2. The Kier molecular flexibility index (Phi) is 5.55. The smallest absolute Gasteiger partial charge is 0.263 e. The van der Waals surface area contributed by atoms with E-state index in [0.29, 0.717) is 12.5 Å². The third kappa shape index (κ3) is 3.67. The average Bonchev–Trinajstić information content (AvgIpc) is 3.23. The zero-order chi connectivity index (χ0) is 21.4. The normalized spacial score (nSPS) is 26.4. The molecule has 2 aromatic carbocycles. The van der Waals surface area contributed by atoms with Gasteiger partial charge in [-0.1, -0.05) is 42.5 Å². The van der Waals surface area contributed by atoms with Gasteiger partial charge >= 0.3 is 0 Å². The molecule has 2 aliphatic heterocycles. The number of hydrogen-bond acceptors (Lipinski definition) is 2. The number of alkyl halides is 2. The first kappa shape index (κ1) is 20.6. The molecule has 1 N–H and O–H groups in total. The summed E-state index contributed by atoms with van der Waals surface area (Å²) < 4.78 is 26.5. The Morgan fingerprint density at radius 1 is 1.10 bits per heavy atom. The lowest BCUT2D eigenvalue weighted by molar-refractivity contribution is -0.138. The monoisotopic (exact) mass is 424 g/mol. The summed E-state index contributed by atoms with van der Waals surface area (Å²) in [6.45, 7) is 3.02. The Labute approximate surface area is 182 Å². The van der Waals surface area contributed by atoms with Crippen LogP contribution in [0.2, 0.25) is 0 Å². The van der Waals surface area contributed by atoms with Gasteiger partial charge in [0, 0.05) is 37.2 Å². The Hall–Kier alpha value is -2.27. The number of likely N-dealkylation sites (tertiary alicyclic amines) is 1. The van der Waals surface area contributed by atoms with Gasteiger partial charge in [0.15, 0.2) is 0 Å². The molecule has 1 aliphatic carbocycles. The first-order chi connectivity index (χ1) is 15.1. The van der Waals surface area contributed by atoms with Gasteiger partial charge in [-0.3, -0.25) is 4.79 Å². The van der Waals surface area contributed by atoms with E-state index in [2.05, 4.69) is 34.5 Å². The summed E-state index contributed by atoms with van der Waals surface area (Å²) in [5.74, 6) is 0.642. The molecule has 0 aromatic heterocycles. The number of amides is 1. The Balaban J connectivity index is 1.35. The van der Waals surface area contributed by atoms with Crippen LogP contribution in [0.15, 0.2) is 48.5 Å². The van der Waals surface area contributed by atoms with Crippen molar-refractivity contribution in [3.8, 4) is 0 Å². The highest BCUT2D eigenvalue weighted by molar-refractivity contribution is 5.82. The van der Waals surface area contributed by atoms with Crippen molar-refractivity contribution in [3.05, 3.63) is 70.8 Å². The molecule has 0 bridgehead atoms. The first-order valence-corrected chi connectivity index (χ1v) is 11.5. The van der Waals surface area contributed by atoms with Gasteiger partial charge in [-0.25, -0.2) is 8.78 Å². The zero-order valence-corrected chi connectivity index (χ0v) is 17.8. The molecule has 2 unspecified atom stereocenters. The lowest BCUT2D eigenvalue weighted by atomic mass is 9.64. The molecular formula is C26H30F2N2O. The molecule has 2 saturated heterocycles. The number of piperidine rings is 1. The molecule has 2 fully saturated rings.